The van der Waals surface area contributed by atoms with Gasteiger partial charge in [0.2, 0.25) is 0 Å². The van der Waals surface area contributed by atoms with Crippen molar-refractivity contribution >= 4 is 28.1 Å². The summed E-state index contributed by atoms with van der Waals surface area (Å²) in [4.78, 5) is 17.1. The molecule has 0 bridgehead atoms. The van der Waals surface area contributed by atoms with Gasteiger partial charge in [-0.05, 0) is 42.3 Å². The van der Waals surface area contributed by atoms with Crippen molar-refractivity contribution in [1.82, 2.24) is 4.98 Å². The van der Waals surface area contributed by atoms with Crippen LogP contribution in [0.2, 0.25) is 0 Å². The Morgan fingerprint density at radius 2 is 2.04 bits per heavy atom. The molecule has 0 saturated heterocycles. The first kappa shape index (κ1) is 19.4. The van der Waals surface area contributed by atoms with Crippen molar-refractivity contribution in [1.29, 1.82) is 5.26 Å². The summed E-state index contributed by atoms with van der Waals surface area (Å²) in [6.45, 7) is 3.12. The van der Waals surface area contributed by atoms with Crippen LogP contribution in [0.25, 0.3) is 0 Å². The van der Waals surface area contributed by atoms with Gasteiger partial charge in [0, 0.05) is 12.2 Å². The number of aromatic nitrogens is 1. The zero-order valence-corrected chi connectivity index (χ0v) is 16.3. The molecule has 6 nitrogen and oxygen atoms in total. The molecule has 0 spiro atoms. The van der Waals surface area contributed by atoms with Gasteiger partial charge in [0.15, 0.2) is 5.13 Å². The number of anilines is 2. The zero-order valence-electron chi connectivity index (χ0n) is 15.4. The first-order valence-corrected chi connectivity index (χ1v) is 9.68. The van der Waals surface area contributed by atoms with E-state index in [0.717, 1.165) is 28.6 Å². The molecule has 0 aliphatic heterocycles. The molecule has 0 atom stereocenters. The van der Waals surface area contributed by atoms with Crippen molar-refractivity contribution in [3.8, 4) is 11.8 Å². The molecule has 2 N–H and O–H groups in total. The number of amides is 1. The number of nitrogens with one attached hydrogen (secondary N) is 2. The number of rotatable bonds is 8. The van der Waals surface area contributed by atoms with Gasteiger partial charge < -0.3 is 15.4 Å². The van der Waals surface area contributed by atoms with Gasteiger partial charge in [-0.15, -0.1) is 0 Å². The van der Waals surface area contributed by atoms with E-state index in [4.69, 9.17) is 10.00 Å². The molecule has 1 aromatic heterocycles. The van der Waals surface area contributed by atoms with E-state index in [9.17, 15) is 4.79 Å². The highest BCUT2D eigenvalue weighted by molar-refractivity contribution is 7.17. The molecule has 3 rings (SSSR count). The van der Waals surface area contributed by atoms with E-state index >= 15 is 0 Å². The highest BCUT2D eigenvalue weighted by Gasteiger charge is 2.11. The number of nitriles is 1. The summed E-state index contributed by atoms with van der Waals surface area (Å²) in [5.41, 5.74) is 2.60. The quantitative estimate of drug-likeness (QED) is 0.590. The van der Waals surface area contributed by atoms with Crippen molar-refractivity contribution in [2.24, 2.45) is 0 Å². The molecule has 0 radical (unpaired) electrons. The maximum Gasteiger partial charge on any atom is 0.267 e. The van der Waals surface area contributed by atoms with E-state index in [1.54, 1.807) is 6.20 Å². The molecule has 3 aromatic rings. The van der Waals surface area contributed by atoms with Crippen LogP contribution in [0.1, 0.15) is 27.7 Å². The maximum absolute atomic E-state index is 12.4. The minimum Gasteiger partial charge on any atom is -0.489 e. The number of carbonyl (C=O) groups is 1. The molecule has 28 heavy (non-hydrogen) atoms. The molecule has 2 aromatic carbocycles. The monoisotopic (exact) mass is 392 g/mol. The van der Waals surface area contributed by atoms with Gasteiger partial charge in [0.1, 0.15) is 17.2 Å². The van der Waals surface area contributed by atoms with Crippen molar-refractivity contribution in [2.45, 2.75) is 20.0 Å². The molecular formula is C21H20N4O2S. The number of hydrogen-bond acceptors (Lipinski definition) is 6. The van der Waals surface area contributed by atoms with E-state index < -0.39 is 0 Å². The van der Waals surface area contributed by atoms with Gasteiger partial charge in [0.05, 0.1) is 18.7 Å². The first-order valence-electron chi connectivity index (χ1n) is 8.86. The minimum absolute atomic E-state index is 0.187. The van der Waals surface area contributed by atoms with Crippen LogP contribution in [0.5, 0.6) is 5.75 Å². The summed E-state index contributed by atoms with van der Waals surface area (Å²) in [5.74, 6) is 0.546. The van der Waals surface area contributed by atoms with Gasteiger partial charge in [0.25, 0.3) is 5.91 Å². The summed E-state index contributed by atoms with van der Waals surface area (Å²) >= 11 is 1.32. The Hall–Kier alpha value is -3.37. The number of thiazole rings is 1. The van der Waals surface area contributed by atoms with E-state index in [1.807, 2.05) is 55.5 Å². The van der Waals surface area contributed by atoms with Gasteiger partial charge in [-0.2, -0.15) is 5.26 Å². The number of carbonyl (C=O) groups excluding carboxylic acids is 1. The largest absolute Gasteiger partial charge is 0.489 e. The molecule has 142 valence electrons. The molecule has 7 heteroatoms. The standard InChI is InChI=1S/C21H20N4O2S/c1-2-23-21-24-13-19(28-21)20(26)25-17-5-3-4-16(12-17)14-27-18-8-6-15(7-9-18)10-11-22/h3-9,12-13H,2,10,14H2,1H3,(H,23,24)(H,25,26). The molecule has 0 saturated carbocycles. The van der Waals surface area contributed by atoms with Gasteiger partial charge >= 0.3 is 0 Å². The first-order chi connectivity index (χ1) is 13.7. The highest BCUT2D eigenvalue weighted by atomic mass is 32.1. The fraction of sp³-hybridized carbons (Fsp3) is 0.190. The molecule has 0 aliphatic carbocycles. The summed E-state index contributed by atoms with van der Waals surface area (Å²) in [6, 6.07) is 17.1. The number of ether oxygens (including phenoxy) is 1. The molecule has 0 unspecified atom stereocenters. The fourth-order valence-corrected chi connectivity index (χ4v) is 3.28. The Morgan fingerprint density at radius 3 is 2.79 bits per heavy atom. The average molecular weight is 392 g/mol. The normalized spacial score (nSPS) is 10.1. The topological polar surface area (TPSA) is 87.0 Å². The lowest BCUT2D eigenvalue weighted by molar-refractivity contribution is 0.103. The predicted octanol–water partition coefficient (Wildman–Crippen LogP) is 4.47. The number of benzene rings is 2. The van der Waals surface area contributed by atoms with Gasteiger partial charge in [-0.1, -0.05) is 35.6 Å². The van der Waals surface area contributed by atoms with E-state index in [0.29, 0.717) is 23.6 Å². The predicted molar refractivity (Wildman–Crippen MR) is 111 cm³/mol. The summed E-state index contributed by atoms with van der Waals surface area (Å²) in [7, 11) is 0. The SMILES string of the molecule is CCNc1ncc(C(=O)Nc2cccc(COc3ccc(CC#N)cc3)c2)s1. The maximum atomic E-state index is 12.4. The Balaban J connectivity index is 1.58. The van der Waals surface area contributed by atoms with Gasteiger partial charge in [-0.25, -0.2) is 4.98 Å². The minimum atomic E-state index is -0.187. The third-order valence-electron chi connectivity index (χ3n) is 3.85. The van der Waals surface area contributed by atoms with E-state index in [1.165, 1.54) is 11.3 Å². The summed E-state index contributed by atoms with van der Waals surface area (Å²) < 4.78 is 5.79. The third-order valence-corrected chi connectivity index (χ3v) is 4.81. The Bertz CT molecular complexity index is 977. The van der Waals surface area contributed by atoms with E-state index in [2.05, 4.69) is 21.7 Å². The fourth-order valence-electron chi connectivity index (χ4n) is 2.51. The van der Waals surface area contributed by atoms with Crippen molar-refractivity contribution in [3.05, 3.63) is 70.7 Å². The van der Waals surface area contributed by atoms with Crippen molar-refractivity contribution in [3.63, 3.8) is 0 Å². The molecule has 0 aliphatic rings. The Labute approximate surface area is 167 Å². The summed E-state index contributed by atoms with van der Waals surface area (Å²) in [5, 5.41) is 15.4. The third kappa shape index (κ3) is 5.32. The van der Waals surface area contributed by atoms with Crippen LogP contribution in [-0.2, 0) is 13.0 Å². The lowest BCUT2D eigenvalue weighted by atomic mass is 10.1. The second kappa shape index (κ2) is 9.53. The molecule has 1 heterocycles. The van der Waals surface area contributed by atoms with E-state index in [-0.39, 0.29) is 5.91 Å². The number of nitrogens with zero attached hydrogens (tertiary/aromatic N) is 2. The van der Waals surface area contributed by atoms with Gasteiger partial charge in [-0.3, -0.25) is 4.79 Å². The lowest BCUT2D eigenvalue weighted by Gasteiger charge is -2.09. The Morgan fingerprint density at radius 1 is 1.21 bits per heavy atom. The van der Waals surface area contributed by atoms with Crippen LogP contribution in [0.15, 0.2) is 54.7 Å². The number of hydrogen-bond donors (Lipinski definition) is 2. The summed E-state index contributed by atoms with van der Waals surface area (Å²) in [6.07, 6.45) is 1.96. The van der Waals surface area contributed by atoms with Crippen LogP contribution in [0.3, 0.4) is 0 Å². The molecule has 0 fully saturated rings. The smallest absolute Gasteiger partial charge is 0.267 e. The average Bonchev–Trinajstić information content (AvgIpc) is 3.17. The molecule has 1 amide bonds. The second-order valence-electron chi connectivity index (χ2n) is 5.98. The van der Waals surface area contributed by atoms with Crippen molar-refractivity contribution in [2.75, 3.05) is 17.2 Å². The van der Waals surface area contributed by atoms with Crippen LogP contribution < -0.4 is 15.4 Å². The van der Waals surface area contributed by atoms with Crippen molar-refractivity contribution < 1.29 is 9.53 Å². The highest BCUT2D eigenvalue weighted by Crippen LogP contribution is 2.20. The second-order valence-corrected chi connectivity index (χ2v) is 7.01. The lowest BCUT2D eigenvalue weighted by Crippen LogP contribution is -2.10. The zero-order chi connectivity index (χ0) is 19.8. The van der Waals surface area contributed by atoms with Crippen LogP contribution in [0, 0.1) is 11.3 Å². The van der Waals surface area contributed by atoms with Crippen LogP contribution in [0.4, 0.5) is 10.8 Å². The van der Waals surface area contributed by atoms with Crippen LogP contribution in [-0.4, -0.2) is 17.4 Å². The van der Waals surface area contributed by atoms with Crippen LogP contribution >= 0.6 is 11.3 Å². The Kier molecular flexibility index (Phi) is 6.60. The molecular weight excluding hydrogens is 372 g/mol.